The van der Waals surface area contributed by atoms with E-state index < -0.39 is 0 Å². The zero-order valence-corrected chi connectivity index (χ0v) is 20.6. The Hall–Kier alpha value is -5.16. The highest BCUT2D eigenvalue weighted by Gasteiger charge is 2.24. The maximum absolute atomic E-state index is 6.35. The second-order valence-electron chi connectivity index (χ2n) is 9.16. The Balaban J connectivity index is 1.41. The molecule has 4 aromatic carbocycles. The van der Waals surface area contributed by atoms with Crippen molar-refractivity contribution >= 4 is 17.1 Å². The van der Waals surface area contributed by atoms with Gasteiger partial charge in [0.25, 0.3) is 0 Å². The number of hydrogen-bond donors (Lipinski definition) is 0. The molecule has 1 aliphatic heterocycles. The summed E-state index contributed by atoms with van der Waals surface area (Å²) in [6, 6.07) is 39.5. The van der Waals surface area contributed by atoms with Gasteiger partial charge in [0, 0.05) is 46.7 Å². The molecular formula is C33H24N4O. The topological polar surface area (TPSA) is 43.2 Å². The Labute approximate surface area is 221 Å². The molecule has 7 rings (SSSR count). The average molecular weight is 493 g/mol. The van der Waals surface area contributed by atoms with E-state index in [9.17, 15) is 0 Å². The van der Waals surface area contributed by atoms with E-state index in [1.165, 1.54) is 0 Å². The van der Waals surface area contributed by atoms with Gasteiger partial charge in [0.15, 0.2) is 0 Å². The van der Waals surface area contributed by atoms with Crippen molar-refractivity contribution in [2.75, 3.05) is 4.90 Å². The van der Waals surface area contributed by atoms with Crippen LogP contribution in [0.1, 0.15) is 5.56 Å². The Kier molecular flexibility index (Phi) is 5.44. The Morgan fingerprint density at radius 2 is 1.45 bits per heavy atom. The lowest BCUT2D eigenvalue weighted by Crippen LogP contribution is -2.11. The van der Waals surface area contributed by atoms with Crippen molar-refractivity contribution in [1.82, 2.24) is 14.5 Å². The van der Waals surface area contributed by atoms with Gasteiger partial charge in [-0.05, 0) is 60.7 Å². The molecule has 0 fully saturated rings. The van der Waals surface area contributed by atoms with Crippen LogP contribution >= 0.6 is 0 Å². The highest BCUT2D eigenvalue weighted by atomic mass is 16.5. The van der Waals surface area contributed by atoms with Gasteiger partial charge >= 0.3 is 0 Å². The Morgan fingerprint density at radius 1 is 0.605 bits per heavy atom. The second kappa shape index (κ2) is 9.37. The molecule has 5 heteroatoms. The molecule has 5 nitrogen and oxygen atoms in total. The lowest BCUT2D eigenvalue weighted by Gasteiger charge is -2.27. The third-order valence-electron chi connectivity index (χ3n) is 6.81. The molecule has 2 aromatic heterocycles. The van der Waals surface area contributed by atoms with Crippen LogP contribution in [0.2, 0.25) is 0 Å². The molecule has 0 saturated heterocycles. The minimum Gasteiger partial charge on any atom is -0.487 e. The van der Waals surface area contributed by atoms with Gasteiger partial charge in [0.2, 0.25) is 0 Å². The molecule has 0 saturated carbocycles. The molecule has 182 valence electrons. The Bertz CT molecular complexity index is 1730. The fourth-order valence-electron chi connectivity index (χ4n) is 5.02. The number of pyridine rings is 1. The molecule has 6 aromatic rings. The molecule has 0 atom stereocenters. The quantitative estimate of drug-likeness (QED) is 0.250. The maximum atomic E-state index is 6.35. The highest BCUT2D eigenvalue weighted by Crippen LogP contribution is 2.46. The van der Waals surface area contributed by atoms with Crippen molar-refractivity contribution in [3.63, 3.8) is 0 Å². The minimum absolute atomic E-state index is 0.498. The van der Waals surface area contributed by atoms with Gasteiger partial charge in [0.05, 0.1) is 17.1 Å². The van der Waals surface area contributed by atoms with Crippen LogP contribution in [0.4, 0.5) is 17.1 Å². The van der Waals surface area contributed by atoms with E-state index in [4.69, 9.17) is 9.72 Å². The summed E-state index contributed by atoms with van der Waals surface area (Å²) in [5.41, 5.74) is 8.29. The predicted molar refractivity (Wildman–Crippen MR) is 151 cm³/mol. The average Bonchev–Trinajstić information content (AvgIpc) is 3.42. The number of benzene rings is 4. The number of rotatable bonds is 4. The highest BCUT2D eigenvalue weighted by molar-refractivity contribution is 5.86. The number of aromatic nitrogens is 3. The van der Waals surface area contributed by atoms with Crippen LogP contribution in [0, 0.1) is 0 Å². The third-order valence-corrected chi connectivity index (χ3v) is 6.81. The summed E-state index contributed by atoms with van der Waals surface area (Å²) >= 11 is 0. The number of anilines is 3. The fourth-order valence-corrected chi connectivity index (χ4v) is 5.02. The summed E-state index contributed by atoms with van der Waals surface area (Å²) in [7, 11) is 0. The summed E-state index contributed by atoms with van der Waals surface area (Å²) in [4.78, 5) is 11.6. The van der Waals surface area contributed by atoms with E-state index in [0.717, 1.165) is 56.7 Å². The summed E-state index contributed by atoms with van der Waals surface area (Å²) < 4.78 is 8.46. The summed E-state index contributed by atoms with van der Waals surface area (Å²) in [5.74, 6) is 1.70. The molecule has 3 heterocycles. The van der Waals surface area contributed by atoms with Gasteiger partial charge in [-0.3, -0.25) is 9.55 Å². The van der Waals surface area contributed by atoms with E-state index in [1.807, 2.05) is 55.0 Å². The molecule has 0 radical (unpaired) electrons. The van der Waals surface area contributed by atoms with Crippen molar-refractivity contribution in [3.05, 3.63) is 139 Å². The molecule has 0 N–H and O–H groups in total. The van der Waals surface area contributed by atoms with Crippen molar-refractivity contribution in [1.29, 1.82) is 0 Å². The summed E-state index contributed by atoms with van der Waals surface area (Å²) in [6.45, 7) is 0.498. The first-order valence-corrected chi connectivity index (χ1v) is 12.6. The zero-order valence-electron chi connectivity index (χ0n) is 20.6. The van der Waals surface area contributed by atoms with Crippen molar-refractivity contribution in [2.24, 2.45) is 0 Å². The van der Waals surface area contributed by atoms with Crippen LogP contribution < -0.4 is 9.64 Å². The number of hydrogen-bond acceptors (Lipinski definition) is 4. The molecule has 0 bridgehead atoms. The molecule has 1 aliphatic rings. The number of fused-ring (bicyclic) bond motifs is 2. The Morgan fingerprint density at radius 3 is 2.34 bits per heavy atom. The van der Waals surface area contributed by atoms with E-state index in [2.05, 4.69) is 93.3 Å². The van der Waals surface area contributed by atoms with Crippen LogP contribution in [-0.2, 0) is 6.61 Å². The summed E-state index contributed by atoms with van der Waals surface area (Å²) in [6.07, 6.45) is 5.66. The van der Waals surface area contributed by atoms with E-state index in [0.29, 0.717) is 6.61 Å². The standard InChI is InChI=1S/C33H24N4O/c1-2-11-27(12-3-1)36-20-19-35-33(36)25-16-17-32-31(22-25)37(30-15-5-4-9-26(30)23-38-32)28-13-8-10-24(21-28)29-14-6-7-18-34-29/h1-22H,23H2. The fraction of sp³-hybridized carbons (Fsp3) is 0.0303. The predicted octanol–water partition coefficient (Wildman–Crippen LogP) is 7.96. The number of imidazole rings is 1. The van der Waals surface area contributed by atoms with Gasteiger partial charge < -0.3 is 9.64 Å². The van der Waals surface area contributed by atoms with Crippen molar-refractivity contribution in [2.45, 2.75) is 6.61 Å². The van der Waals surface area contributed by atoms with Crippen molar-refractivity contribution in [3.8, 4) is 34.1 Å². The maximum Gasteiger partial charge on any atom is 0.144 e. The number of para-hydroxylation sites is 2. The van der Waals surface area contributed by atoms with Gasteiger partial charge in [0.1, 0.15) is 18.2 Å². The smallest absolute Gasteiger partial charge is 0.144 e. The van der Waals surface area contributed by atoms with E-state index in [-0.39, 0.29) is 0 Å². The molecule has 0 aliphatic carbocycles. The third kappa shape index (κ3) is 3.91. The number of ether oxygens (including phenoxy) is 1. The van der Waals surface area contributed by atoms with Gasteiger partial charge in [-0.15, -0.1) is 0 Å². The molecule has 0 amide bonds. The van der Waals surface area contributed by atoms with Crippen LogP contribution in [0.25, 0.3) is 28.3 Å². The van der Waals surface area contributed by atoms with Crippen LogP contribution in [-0.4, -0.2) is 14.5 Å². The summed E-state index contributed by atoms with van der Waals surface area (Å²) in [5, 5.41) is 0. The molecular weight excluding hydrogens is 468 g/mol. The number of nitrogens with zero attached hydrogens (tertiary/aromatic N) is 4. The van der Waals surface area contributed by atoms with Gasteiger partial charge in [-0.1, -0.05) is 54.6 Å². The first kappa shape index (κ1) is 22.1. The van der Waals surface area contributed by atoms with E-state index in [1.54, 1.807) is 0 Å². The largest absolute Gasteiger partial charge is 0.487 e. The lowest BCUT2D eigenvalue weighted by molar-refractivity contribution is 0.310. The van der Waals surface area contributed by atoms with E-state index >= 15 is 0 Å². The van der Waals surface area contributed by atoms with Gasteiger partial charge in [-0.25, -0.2) is 4.98 Å². The minimum atomic E-state index is 0.498. The molecule has 38 heavy (non-hydrogen) atoms. The van der Waals surface area contributed by atoms with Crippen LogP contribution in [0.15, 0.2) is 134 Å². The van der Waals surface area contributed by atoms with Crippen molar-refractivity contribution < 1.29 is 4.74 Å². The molecule has 0 spiro atoms. The second-order valence-corrected chi connectivity index (χ2v) is 9.16. The molecule has 0 unspecified atom stereocenters. The SMILES string of the molecule is c1ccc(-n2ccnc2-c2ccc3c(c2)N(c2cccc(-c4ccccn4)c2)c2ccccc2CO3)cc1. The lowest BCUT2D eigenvalue weighted by atomic mass is 10.1. The first-order chi connectivity index (χ1) is 18.8. The normalized spacial score (nSPS) is 12.3. The monoisotopic (exact) mass is 492 g/mol. The first-order valence-electron chi connectivity index (χ1n) is 12.6. The zero-order chi connectivity index (χ0) is 25.3. The van der Waals surface area contributed by atoms with Crippen LogP contribution in [0.5, 0.6) is 5.75 Å². The van der Waals surface area contributed by atoms with Gasteiger partial charge in [-0.2, -0.15) is 0 Å². The van der Waals surface area contributed by atoms with Crippen LogP contribution in [0.3, 0.4) is 0 Å².